The minimum absolute atomic E-state index is 0.0859. The van der Waals surface area contributed by atoms with Crippen LogP contribution in [0.25, 0.3) is 0 Å². The van der Waals surface area contributed by atoms with Crippen molar-refractivity contribution >= 4 is 5.91 Å². The number of piperidine rings is 1. The van der Waals surface area contributed by atoms with Gasteiger partial charge in [0.15, 0.2) is 0 Å². The van der Waals surface area contributed by atoms with Gasteiger partial charge in [0, 0.05) is 25.7 Å². The lowest BCUT2D eigenvalue weighted by Gasteiger charge is -2.37. The van der Waals surface area contributed by atoms with Gasteiger partial charge in [0.25, 0.3) is 0 Å². The fourth-order valence-corrected chi connectivity index (χ4v) is 2.96. The normalized spacial score (nSPS) is 19.4. The van der Waals surface area contributed by atoms with Crippen LogP contribution in [-0.2, 0) is 11.3 Å². The molecule has 1 aliphatic rings. The number of nitrogens with two attached hydrogens (primary N) is 1. The standard InChI is InChI=1S/C16H25N3O/c1-18(12-14-7-3-2-4-8-14)13-15-9-5-6-10-19(15)16(20)11-17/h2-4,7-8,15H,5-6,9-13,17H2,1H3/t15-/m1/s1. The molecule has 110 valence electrons. The van der Waals surface area contributed by atoms with Crippen molar-refractivity contribution in [2.24, 2.45) is 5.73 Å². The first-order valence-corrected chi connectivity index (χ1v) is 7.42. The van der Waals surface area contributed by atoms with Crippen molar-refractivity contribution in [2.45, 2.75) is 31.8 Å². The van der Waals surface area contributed by atoms with E-state index in [1.54, 1.807) is 0 Å². The molecule has 1 aromatic rings. The summed E-state index contributed by atoms with van der Waals surface area (Å²) in [5, 5.41) is 0. The molecule has 2 N–H and O–H groups in total. The molecule has 1 saturated heterocycles. The number of nitrogens with zero attached hydrogens (tertiary/aromatic N) is 2. The Morgan fingerprint density at radius 1 is 1.35 bits per heavy atom. The number of carbonyl (C=O) groups excluding carboxylic acids is 1. The van der Waals surface area contributed by atoms with Crippen molar-refractivity contribution in [3.63, 3.8) is 0 Å². The van der Waals surface area contributed by atoms with Gasteiger partial charge in [-0.2, -0.15) is 0 Å². The van der Waals surface area contributed by atoms with E-state index in [0.29, 0.717) is 6.04 Å². The molecule has 1 atom stereocenters. The third-order valence-corrected chi connectivity index (χ3v) is 3.94. The number of benzene rings is 1. The molecule has 1 aromatic carbocycles. The Bertz CT molecular complexity index is 421. The summed E-state index contributed by atoms with van der Waals surface area (Å²) in [6, 6.07) is 10.8. The van der Waals surface area contributed by atoms with Gasteiger partial charge >= 0.3 is 0 Å². The van der Waals surface area contributed by atoms with Gasteiger partial charge in [-0.1, -0.05) is 30.3 Å². The third-order valence-electron chi connectivity index (χ3n) is 3.94. The molecule has 1 aliphatic heterocycles. The van der Waals surface area contributed by atoms with Crippen molar-refractivity contribution in [3.8, 4) is 0 Å². The van der Waals surface area contributed by atoms with E-state index < -0.39 is 0 Å². The molecule has 0 aliphatic carbocycles. The highest BCUT2D eigenvalue weighted by molar-refractivity contribution is 5.78. The molecular weight excluding hydrogens is 250 g/mol. The number of amides is 1. The van der Waals surface area contributed by atoms with E-state index in [1.807, 2.05) is 11.0 Å². The quantitative estimate of drug-likeness (QED) is 0.885. The summed E-state index contributed by atoms with van der Waals surface area (Å²) in [5.41, 5.74) is 6.82. The third kappa shape index (κ3) is 4.05. The van der Waals surface area contributed by atoms with Crippen molar-refractivity contribution < 1.29 is 4.79 Å². The largest absolute Gasteiger partial charge is 0.337 e. The predicted molar refractivity (Wildman–Crippen MR) is 81.2 cm³/mol. The van der Waals surface area contributed by atoms with Crippen LogP contribution in [0.4, 0.5) is 0 Å². The summed E-state index contributed by atoms with van der Waals surface area (Å²) in [7, 11) is 2.12. The lowest BCUT2D eigenvalue weighted by Crippen LogP contribution is -2.50. The van der Waals surface area contributed by atoms with Gasteiger partial charge < -0.3 is 15.5 Å². The second-order valence-corrected chi connectivity index (χ2v) is 5.62. The Morgan fingerprint density at radius 3 is 2.80 bits per heavy atom. The van der Waals surface area contributed by atoms with Gasteiger partial charge in [-0.25, -0.2) is 0 Å². The van der Waals surface area contributed by atoms with Gasteiger partial charge in [0.2, 0.25) is 5.91 Å². The summed E-state index contributed by atoms with van der Waals surface area (Å²) >= 11 is 0. The summed E-state index contributed by atoms with van der Waals surface area (Å²) in [6.45, 7) is 2.82. The van der Waals surface area contributed by atoms with Crippen LogP contribution in [0.3, 0.4) is 0 Å². The first-order chi connectivity index (χ1) is 9.70. The zero-order valence-corrected chi connectivity index (χ0v) is 12.3. The molecule has 1 amide bonds. The van der Waals surface area contributed by atoms with Crippen LogP contribution < -0.4 is 5.73 Å². The Kier molecular flexibility index (Phi) is 5.56. The zero-order chi connectivity index (χ0) is 14.4. The Balaban J connectivity index is 1.91. The Morgan fingerprint density at radius 2 is 2.10 bits per heavy atom. The molecule has 4 nitrogen and oxygen atoms in total. The van der Waals surface area contributed by atoms with Crippen molar-refractivity contribution in [1.29, 1.82) is 0 Å². The van der Waals surface area contributed by atoms with Crippen LogP contribution in [-0.4, -0.2) is 48.4 Å². The van der Waals surface area contributed by atoms with E-state index in [-0.39, 0.29) is 12.5 Å². The number of carbonyl (C=O) groups is 1. The number of hydrogen-bond donors (Lipinski definition) is 1. The highest BCUT2D eigenvalue weighted by Gasteiger charge is 2.26. The smallest absolute Gasteiger partial charge is 0.236 e. The van der Waals surface area contributed by atoms with E-state index in [4.69, 9.17) is 5.73 Å². The predicted octanol–water partition coefficient (Wildman–Crippen LogP) is 1.46. The van der Waals surface area contributed by atoms with Gasteiger partial charge in [0.1, 0.15) is 0 Å². The van der Waals surface area contributed by atoms with E-state index in [2.05, 4.69) is 36.2 Å². The monoisotopic (exact) mass is 275 g/mol. The van der Waals surface area contributed by atoms with Crippen LogP contribution in [0.2, 0.25) is 0 Å². The molecule has 0 bridgehead atoms. The number of hydrogen-bond acceptors (Lipinski definition) is 3. The molecule has 4 heteroatoms. The van der Waals surface area contributed by atoms with Crippen molar-refractivity contribution in [3.05, 3.63) is 35.9 Å². The summed E-state index contributed by atoms with van der Waals surface area (Å²) < 4.78 is 0. The summed E-state index contributed by atoms with van der Waals surface area (Å²) in [6.07, 6.45) is 3.40. The molecule has 1 heterocycles. The molecule has 0 radical (unpaired) electrons. The van der Waals surface area contributed by atoms with Crippen LogP contribution in [0.1, 0.15) is 24.8 Å². The second kappa shape index (κ2) is 7.41. The maximum atomic E-state index is 11.9. The topological polar surface area (TPSA) is 49.6 Å². The molecule has 1 fully saturated rings. The van der Waals surface area contributed by atoms with Gasteiger partial charge in [0.05, 0.1) is 6.54 Å². The lowest BCUT2D eigenvalue weighted by molar-refractivity contribution is -0.133. The minimum atomic E-state index is 0.0859. The summed E-state index contributed by atoms with van der Waals surface area (Å²) in [5.74, 6) is 0.0859. The molecule has 2 rings (SSSR count). The van der Waals surface area contributed by atoms with Crippen molar-refractivity contribution in [1.82, 2.24) is 9.80 Å². The van der Waals surface area contributed by atoms with Gasteiger partial charge in [-0.15, -0.1) is 0 Å². The molecule has 0 spiro atoms. The van der Waals surface area contributed by atoms with Crippen LogP contribution in [0.15, 0.2) is 30.3 Å². The van der Waals surface area contributed by atoms with E-state index >= 15 is 0 Å². The van der Waals surface area contributed by atoms with Crippen LogP contribution in [0.5, 0.6) is 0 Å². The maximum Gasteiger partial charge on any atom is 0.236 e. The van der Waals surface area contributed by atoms with Crippen LogP contribution >= 0.6 is 0 Å². The van der Waals surface area contributed by atoms with Crippen molar-refractivity contribution in [2.75, 3.05) is 26.7 Å². The van der Waals surface area contributed by atoms with Crippen LogP contribution in [0, 0.1) is 0 Å². The van der Waals surface area contributed by atoms with E-state index in [9.17, 15) is 4.79 Å². The fraction of sp³-hybridized carbons (Fsp3) is 0.562. The SMILES string of the molecule is CN(Cc1ccccc1)C[C@H]1CCCCN1C(=O)CN. The first-order valence-electron chi connectivity index (χ1n) is 7.42. The number of rotatable bonds is 5. The first kappa shape index (κ1) is 15.0. The van der Waals surface area contributed by atoms with Gasteiger partial charge in [-0.05, 0) is 31.9 Å². The maximum absolute atomic E-state index is 11.9. The van der Waals surface area contributed by atoms with E-state index in [0.717, 1.165) is 32.5 Å². The highest BCUT2D eigenvalue weighted by atomic mass is 16.2. The summed E-state index contributed by atoms with van der Waals surface area (Å²) in [4.78, 5) is 16.2. The average molecular weight is 275 g/mol. The minimum Gasteiger partial charge on any atom is -0.337 e. The zero-order valence-electron chi connectivity index (χ0n) is 12.3. The number of likely N-dealkylation sites (tertiary alicyclic amines) is 1. The second-order valence-electron chi connectivity index (χ2n) is 5.62. The lowest BCUT2D eigenvalue weighted by atomic mass is 10.0. The molecule has 0 saturated carbocycles. The fourth-order valence-electron chi connectivity index (χ4n) is 2.96. The molecule has 0 unspecified atom stereocenters. The van der Waals surface area contributed by atoms with Gasteiger partial charge in [-0.3, -0.25) is 4.79 Å². The average Bonchev–Trinajstić information content (AvgIpc) is 2.48. The molecule has 20 heavy (non-hydrogen) atoms. The molecule has 0 aromatic heterocycles. The Hall–Kier alpha value is -1.39. The van der Waals surface area contributed by atoms with E-state index in [1.165, 1.54) is 12.0 Å². The highest BCUT2D eigenvalue weighted by Crippen LogP contribution is 2.18. The Labute approximate surface area is 121 Å². The molecular formula is C16H25N3O. The number of likely N-dealkylation sites (N-methyl/N-ethyl adjacent to an activating group) is 1.